The van der Waals surface area contributed by atoms with Crippen molar-refractivity contribution in [2.45, 2.75) is 4.90 Å². The highest BCUT2D eigenvalue weighted by Gasteiger charge is 1.99. The van der Waals surface area contributed by atoms with Gasteiger partial charge in [-0.05, 0) is 82.7 Å². The minimum Gasteiger partial charge on any atom is -0.497 e. The maximum Gasteiger partial charge on any atom is 0.145 e. The second-order valence-electron chi connectivity index (χ2n) is 6.78. The summed E-state index contributed by atoms with van der Waals surface area (Å²) in [6, 6.07) is 27.8. The zero-order chi connectivity index (χ0) is 26.2. The second-order valence-corrected chi connectivity index (χ2v) is 9.06. The normalized spacial score (nSPS) is 9.17. The summed E-state index contributed by atoms with van der Waals surface area (Å²) in [5.74, 6) is 1.39. The van der Waals surface area contributed by atoms with E-state index in [0.717, 1.165) is 36.7 Å². The van der Waals surface area contributed by atoms with Crippen LogP contribution in [0.4, 0.5) is 22.7 Å². The van der Waals surface area contributed by atoms with E-state index in [1.165, 1.54) is 0 Å². The lowest BCUT2D eigenvalue weighted by Crippen LogP contribution is -1.92. The van der Waals surface area contributed by atoms with E-state index in [1.807, 2.05) is 72.8 Å². The molecule has 186 valence electrons. The molecule has 35 heavy (non-hydrogen) atoms. The average Bonchev–Trinajstić information content (AvgIpc) is 2.84. The summed E-state index contributed by atoms with van der Waals surface area (Å²) in [4.78, 5) is 0.944. The molecule has 8 N–H and O–H groups in total. The number of anilines is 4. The van der Waals surface area contributed by atoms with Crippen LogP contribution >= 0.6 is 44.5 Å². The highest BCUT2D eigenvalue weighted by molar-refractivity contribution is 9.10. The Morgan fingerprint density at radius 2 is 1.29 bits per heavy atom. The van der Waals surface area contributed by atoms with Gasteiger partial charge >= 0.3 is 0 Å². The van der Waals surface area contributed by atoms with Gasteiger partial charge in [0.05, 0.1) is 19.9 Å². The molecule has 0 saturated heterocycles. The Labute approximate surface area is 229 Å². The molecule has 0 aliphatic heterocycles. The molecular formula is C26H30Br2N4O2S. The first-order valence-corrected chi connectivity index (χ1v) is 12.2. The first-order valence-electron chi connectivity index (χ1n) is 10.2. The van der Waals surface area contributed by atoms with Crippen LogP contribution in [0.1, 0.15) is 0 Å². The predicted molar refractivity (Wildman–Crippen MR) is 159 cm³/mol. The monoisotopic (exact) mass is 620 g/mol. The Morgan fingerprint density at radius 1 is 0.629 bits per heavy atom. The summed E-state index contributed by atoms with van der Waals surface area (Å²) in [6.45, 7) is 0. The summed E-state index contributed by atoms with van der Waals surface area (Å²) in [6.07, 6.45) is 0. The van der Waals surface area contributed by atoms with Crippen molar-refractivity contribution in [3.8, 4) is 11.5 Å². The predicted octanol–water partition coefficient (Wildman–Crippen LogP) is 6.91. The molecule has 9 heteroatoms. The number of nitrogens with two attached hydrogens (primary N) is 4. The molecule has 0 aliphatic rings. The third-order valence-corrected chi connectivity index (χ3v) is 5.60. The average molecular weight is 622 g/mol. The van der Waals surface area contributed by atoms with Gasteiger partial charge in [-0.1, -0.05) is 34.1 Å². The fourth-order valence-electron chi connectivity index (χ4n) is 2.27. The number of hydrogen-bond acceptors (Lipinski definition) is 7. The molecule has 0 radical (unpaired) electrons. The minimum absolute atomic E-state index is 0.619. The number of thiol groups is 1. The van der Waals surface area contributed by atoms with Crippen molar-refractivity contribution in [2.24, 2.45) is 0 Å². The fraction of sp³-hybridized carbons (Fsp3) is 0.0769. The third-order valence-electron chi connectivity index (χ3n) is 4.09. The van der Waals surface area contributed by atoms with Gasteiger partial charge in [0.25, 0.3) is 0 Å². The maximum atomic E-state index is 5.57. The van der Waals surface area contributed by atoms with Crippen LogP contribution in [0.3, 0.4) is 0 Å². The smallest absolute Gasteiger partial charge is 0.145 e. The topological polar surface area (TPSA) is 123 Å². The molecule has 0 fully saturated rings. The van der Waals surface area contributed by atoms with Crippen LogP contribution in [-0.2, 0) is 0 Å². The SMILES string of the molecule is COc1ccc(N)c(OC)c1.Nc1ccc(S)cc1.Nc1cccc(Br)c1.Nc1ccccc1Br. The van der Waals surface area contributed by atoms with Crippen molar-refractivity contribution in [3.63, 3.8) is 0 Å². The first-order chi connectivity index (χ1) is 16.7. The molecule has 0 atom stereocenters. The molecule has 0 aliphatic carbocycles. The lowest BCUT2D eigenvalue weighted by Gasteiger charge is -2.05. The Balaban J connectivity index is 0.000000236. The molecule has 0 unspecified atom stereocenters. The van der Waals surface area contributed by atoms with Gasteiger partial charge in [0.1, 0.15) is 11.5 Å². The van der Waals surface area contributed by atoms with Gasteiger partial charge in [0.2, 0.25) is 0 Å². The van der Waals surface area contributed by atoms with Crippen LogP contribution in [-0.4, -0.2) is 14.2 Å². The lowest BCUT2D eigenvalue weighted by molar-refractivity contribution is 0.395. The molecule has 0 saturated carbocycles. The largest absolute Gasteiger partial charge is 0.497 e. The second kappa shape index (κ2) is 16.6. The summed E-state index contributed by atoms with van der Waals surface area (Å²) < 4.78 is 11.9. The number of methoxy groups -OCH3 is 2. The van der Waals surface area contributed by atoms with E-state index in [2.05, 4.69) is 44.5 Å². The number of ether oxygens (including phenoxy) is 2. The van der Waals surface area contributed by atoms with E-state index in [1.54, 1.807) is 32.4 Å². The highest BCUT2D eigenvalue weighted by Crippen LogP contribution is 2.25. The van der Waals surface area contributed by atoms with E-state index in [0.29, 0.717) is 11.4 Å². The number of halogens is 2. The van der Waals surface area contributed by atoms with Crippen molar-refractivity contribution >= 4 is 67.2 Å². The number of benzene rings is 4. The van der Waals surface area contributed by atoms with Crippen LogP contribution < -0.4 is 32.4 Å². The Bertz CT molecular complexity index is 1100. The minimum atomic E-state index is 0.619. The molecule has 4 aromatic carbocycles. The van der Waals surface area contributed by atoms with E-state index in [4.69, 9.17) is 32.4 Å². The molecule has 0 heterocycles. The van der Waals surface area contributed by atoms with E-state index in [9.17, 15) is 0 Å². The zero-order valence-electron chi connectivity index (χ0n) is 19.5. The van der Waals surface area contributed by atoms with Crippen LogP contribution in [0.2, 0.25) is 0 Å². The zero-order valence-corrected chi connectivity index (χ0v) is 23.6. The molecule has 4 rings (SSSR count). The first kappa shape index (κ1) is 30.0. The van der Waals surface area contributed by atoms with Crippen LogP contribution in [0.15, 0.2) is 105 Å². The highest BCUT2D eigenvalue weighted by atomic mass is 79.9. The number of hydrogen-bond donors (Lipinski definition) is 5. The van der Waals surface area contributed by atoms with Crippen molar-refractivity contribution in [2.75, 3.05) is 37.2 Å². The fourth-order valence-corrected chi connectivity index (χ4v) is 3.13. The van der Waals surface area contributed by atoms with Crippen molar-refractivity contribution in [1.82, 2.24) is 0 Å². The maximum absolute atomic E-state index is 5.57. The van der Waals surface area contributed by atoms with Gasteiger partial charge in [0, 0.05) is 37.0 Å². The van der Waals surface area contributed by atoms with Crippen LogP contribution in [0.25, 0.3) is 0 Å². The Kier molecular flexibility index (Phi) is 14.2. The quantitative estimate of drug-likeness (QED) is 0.122. The van der Waals surface area contributed by atoms with E-state index in [-0.39, 0.29) is 0 Å². The molecular weight excluding hydrogens is 592 g/mol. The number of para-hydroxylation sites is 1. The van der Waals surface area contributed by atoms with Gasteiger partial charge in [-0.2, -0.15) is 0 Å². The van der Waals surface area contributed by atoms with Gasteiger partial charge in [0.15, 0.2) is 0 Å². The lowest BCUT2D eigenvalue weighted by atomic mass is 10.3. The van der Waals surface area contributed by atoms with Gasteiger partial charge < -0.3 is 32.4 Å². The van der Waals surface area contributed by atoms with Crippen molar-refractivity contribution < 1.29 is 9.47 Å². The summed E-state index contributed by atoms with van der Waals surface area (Å²) in [7, 11) is 3.18. The van der Waals surface area contributed by atoms with Gasteiger partial charge in [-0.15, -0.1) is 12.6 Å². The molecule has 0 bridgehead atoms. The molecule has 0 spiro atoms. The van der Waals surface area contributed by atoms with Crippen LogP contribution in [0, 0.1) is 0 Å². The molecule has 0 aromatic heterocycles. The van der Waals surface area contributed by atoms with Crippen molar-refractivity contribution in [1.29, 1.82) is 0 Å². The van der Waals surface area contributed by atoms with Crippen molar-refractivity contribution in [3.05, 3.63) is 99.9 Å². The third kappa shape index (κ3) is 12.9. The standard InChI is InChI=1S/C8H11NO2.2C6H6BrN.C6H7NS/c1-10-6-3-4-7(9)8(5-6)11-2;7-5-2-1-3-6(8)4-5;7-5-3-1-2-4-6(5)8;7-5-1-3-6(8)4-2-5/h3-5H,9H2,1-2H3;2*1-4H,8H2;1-4,8H,7H2. The molecule has 0 amide bonds. The summed E-state index contributed by atoms with van der Waals surface area (Å²) in [5.41, 5.74) is 24.8. The van der Waals surface area contributed by atoms with Gasteiger partial charge in [-0.25, -0.2) is 0 Å². The summed E-state index contributed by atoms with van der Waals surface area (Å²) >= 11 is 10.6. The van der Waals surface area contributed by atoms with E-state index >= 15 is 0 Å². The van der Waals surface area contributed by atoms with E-state index < -0.39 is 0 Å². The number of rotatable bonds is 2. The molecule has 6 nitrogen and oxygen atoms in total. The van der Waals surface area contributed by atoms with Gasteiger partial charge in [-0.3, -0.25) is 0 Å². The summed E-state index contributed by atoms with van der Waals surface area (Å²) in [5, 5.41) is 0. The van der Waals surface area contributed by atoms with Crippen LogP contribution in [0.5, 0.6) is 11.5 Å². The Hall–Kier alpha value is -3.01. The molecule has 4 aromatic rings. The number of nitrogen functional groups attached to an aromatic ring is 4. The Morgan fingerprint density at radius 3 is 1.71 bits per heavy atom.